The number of esters is 1. The van der Waals surface area contributed by atoms with Gasteiger partial charge in [-0.1, -0.05) is 44.2 Å². The molecule has 44 heavy (non-hydrogen) atoms. The molecule has 1 aliphatic rings. The van der Waals surface area contributed by atoms with Crippen LogP contribution in [0.4, 0.5) is 4.39 Å². The largest absolute Gasteiger partial charge is 0.493 e. The summed E-state index contributed by atoms with van der Waals surface area (Å²) in [4.78, 5) is 17.7. The number of hydrogen-bond acceptors (Lipinski definition) is 5. The number of pyridine rings is 1. The lowest BCUT2D eigenvalue weighted by atomic mass is 9.75. The Morgan fingerprint density at radius 3 is 2.16 bits per heavy atom. The second-order valence-electron chi connectivity index (χ2n) is 13.7. The minimum atomic E-state index is -0.500. The average molecular weight is 604 g/mol. The number of aryl methyl sites for hydroxylation is 2. The summed E-state index contributed by atoms with van der Waals surface area (Å²) in [5.41, 5.74) is 8.09. The Bertz CT molecular complexity index is 1430. The molecule has 0 bridgehead atoms. The molecule has 0 atom stereocenters. The lowest BCUT2D eigenvalue weighted by molar-refractivity contribution is -0.146. The molecule has 1 heterocycles. The van der Waals surface area contributed by atoms with Gasteiger partial charge in [-0.15, -0.1) is 0 Å². The minimum absolute atomic E-state index is 0.163. The molecule has 4 rings (SSSR count). The van der Waals surface area contributed by atoms with Crippen LogP contribution in [0.3, 0.4) is 0 Å². The second kappa shape index (κ2) is 15.0. The van der Waals surface area contributed by atoms with Crippen LogP contribution in [-0.4, -0.2) is 34.4 Å². The topological polar surface area (TPSA) is 68.7 Å². The van der Waals surface area contributed by atoms with Gasteiger partial charge in [0.1, 0.15) is 11.6 Å². The van der Waals surface area contributed by atoms with E-state index >= 15 is 0 Å². The molecule has 0 spiro atoms. The van der Waals surface area contributed by atoms with Crippen molar-refractivity contribution < 1.29 is 23.8 Å². The zero-order chi connectivity index (χ0) is 32.7. The van der Waals surface area contributed by atoms with Crippen LogP contribution in [-0.2, 0) is 22.4 Å². The van der Waals surface area contributed by atoms with Gasteiger partial charge in [-0.2, -0.15) is 0 Å². The molecule has 0 saturated heterocycles. The van der Waals surface area contributed by atoms with E-state index in [0.717, 1.165) is 64.2 Å². The second-order valence-corrected chi connectivity index (χ2v) is 13.7. The zero-order valence-electron chi connectivity index (χ0n) is 28.0. The van der Waals surface area contributed by atoms with Gasteiger partial charge in [0.05, 0.1) is 24.7 Å². The van der Waals surface area contributed by atoms with Gasteiger partial charge in [0.15, 0.2) is 0 Å². The quantitative estimate of drug-likeness (QED) is 0.247. The summed E-state index contributed by atoms with van der Waals surface area (Å²) in [6, 6.07) is 14.6. The minimum Gasteiger partial charge on any atom is -0.493 e. The van der Waals surface area contributed by atoms with Crippen LogP contribution in [0.15, 0.2) is 54.6 Å². The van der Waals surface area contributed by atoms with Crippen molar-refractivity contribution in [3.8, 4) is 16.9 Å². The van der Waals surface area contributed by atoms with Crippen molar-refractivity contribution in [1.82, 2.24) is 4.98 Å². The Labute approximate surface area is 263 Å². The molecule has 3 aromatic rings. The first-order valence-corrected chi connectivity index (χ1v) is 15.6. The number of nitrogens with zero attached hydrogens (tertiary/aromatic N) is 1. The summed E-state index contributed by atoms with van der Waals surface area (Å²) in [6.45, 7) is 18.1. The van der Waals surface area contributed by atoms with Gasteiger partial charge in [-0.3, -0.25) is 9.78 Å². The number of aromatic nitrogens is 1. The highest BCUT2D eigenvalue weighted by Crippen LogP contribution is 2.43. The molecule has 0 amide bonds. The van der Waals surface area contributed by atoms with Crippen molar-refractivity contribution in [2.45, 2.75) is 106 Å². The molecule has 0 radical (unpaired) electrons. The van der Waals surface area contributed by atoms with Crippen LogP contribution >= 0.6 is 0 Å². The van der Waals surface area contributed by atoms with Crippen molar-refractivity contribution in [2.75, 3.05) is 6.61 Å². The van der Waals surface area contributed by atoms with Gasteiger partial charge < -0.3 is 14.6 Å². The van der Waals surface area contributed by atoms with Crippen LogP contribution in [0.1, 0.15) is 95.8 Å². The monoisotopic (exact) mass is 603 g/mol. The third kappa shape index (κ3) is 10.9. The summed E-state index contributed by atoms with van der Waals surface area (Å²) >= 11 is 0. The maximum absolute atomic E-state index is 13.2. The predicted molar refractivity (Wildman–Crippen MR) is 177 cm³/mol. The van der Waals surface area contributed by atoms with Gasteiger partial charge in [0.2, 0.25) is 0 Å². The lowest BCUT2D eigenvalue weighted by Gasteiger charge is -2.31. The molecule has 0 fully saturated rings. The van der Waals surface area contributed by atoms with Crippen LogP contribution in [0.5, 0.6) is 5.75 Å². The summed E-state index contributed by atoms with van der Waals surface area (Å²) in [6.07, 6.45) is 6.14. The molecule has 5 nitrogen and oxygen atoms in total. The number of aliphatic hydroxyl groups is 1. The van der Waals surface area contributed by atoms with E-state index in [4.69, 9.17) is 19.6 Å². The molecule has 1 aliphatic carbocycles. The van der Waals surface area contributed by atoms with E-state index < -0.39 is 5.60 Å². The summed E-state index contributed by atoms with van der Waals surface area (Å²) in [7, 11) is 0. The maximum Gasteiger partial charge on any atom is 0.310 e. The number of ether oxygens (including phenoxy) is 2. The molecule has 0 unspecified atom stereocenters. The van der Waals surface area contributed by atoms with Gasteiger partial charge in [0, 0.05) is 23.4 Å². The third-order valence-corrected chi connectivity index (χ3v) is 7.38. The van der Waals surface area contributed by atoms with Gasteiger partial charge in [0.25, 0.3) is 0 Å². The van der Waals surface area contributed by atoms with Crippen molar-refractivity contribution in [3.63, 3.8) is 0 Å². The third-order valence-electron chi connectivity index (χ3n) is 7.38. The Balaban J connectivity index is 0.000000978. The first-order valence-electron chi connectivity index (χ1n) is 15.6. The zero-order valence-corrected chi connectivity index (χ0v) is 28.0. The summed E-state index contributed by atoms with van der Waals surface area (Å²) < 4.78 is 24.7. The van der Waals surface area contributed by atoms with Crippen LogP contribution in [0.25, 0.3) is 16.7 Å². The van der Waals surface area contributed by atoms with Gasteiger partial charge >= 0.3 is 5.97 Å². The molecule has 238 valence electrons. The average Bonchev–Trinajstić information content (AvgIpc) is 2.90. The Hall–Kier alpha value is -3.51. The normalized spacial score (nSPS) is 14.4. The van der Waals surface area contributed by atoms with Crippen molar-refractivity contribution in [3.05, 3.63) is 88.5 Å². The first kappa shape index (κ1) is 35.0. The van der Waals surface area contributed by atoms with Gasteiger partial charge in [-0.25, -0.2) is 4.39 Å². The molecule has 1 N–H and O–H groups in total. The highest BCUT2D eigenvalue weighted by atomic mass is 19.1. The number of rotatable bonds is 9. The van der Waals surface area contributed by atoms with Crippen molar-refractivity contribution >= 4 is 11.5 Å². The highest BCUT2D eigenvalue weighted by molar-refractivity contribution is 5.88. The number of allylic oxidation sites excluding steroid dienone is 2. The smallest absolute Gasteiger partial charge is 0.310 e. The molecule has 0 saturated carbocycles. The van der Waals surface area contributed by atoms with Gasteiger partial charge in [-0.05, 0) is 125 Å². The molecule has 2 aromatic carbocycles. The van der Waals surface area contributed by atoms with E-state index in [1.807, 2.05) is 39.8 Å². The number of halogens is 1. The summed E-state index contributed by atoms with van der Waals surface area (Å²) in [5.74, 6) is 0.315. The first-order chi connectivity index (χ1) is 20.5. The molecular formula is C38H50FNO4. The fraction of sp³-hybridized carbons (Fsp3) is 0.474. The molecule has 0 aliphatic heterocycles. The van der Waals surface area contributed by atoms with Crippen LogP contribution in [0, 0.1) is 25.1 Å². The van der Waals surface area contributed by atoms with E-state index in [1.54, 1.807) is 32.9 Å². The fourth-order valence-corrected chi connectivity index (χ4v) is 5.22. The number of benzene rings is 2. The predicted octanol–water partition coefficient (Wildman–Crippen LogP) is 8.99. The molecular weight excluding hydrogens is 553 g/mol. The van der Waals surface area contributed by atoms with E-state index in [0.29, 0.717) is 13.0 Å². The van der Waals surface area contributed by atoms with Crippen molar-refractivity contribution in [1.29, 1.82) is 0 Å². The van der Waals surface area contributed by atoms with Crippen molar-refractivity contribution in [2.24, 2.45) is 5.41 Å². The van der Waals surface area contributed by atoms with E-state index in [1.165, 1.54) is 17.7 Å². The Kier molecular flexibility index (Phi) is 11.9. The standard InChI is InChI=1S/C34H40FNO3.C4H10O/c1-22(2)39-31(37)21-30-23(3)36-24(4)32(33(30)27-15-18-34(5,6)19-16-27)26-9-13-29(14-10-26)38-20-17-25-7-11-28(35)12-8-25;1-4(2,3)5/h7-15,22H,16-21H2,1-6H3;5H,1-3H3. The van der Waals surface area contributed by atoms with Crippen LogP contribution < -0.4 is 4.74 Å². The highest BCUT2D eigenvalue weighted by Gasteiger charge is 2.27. The molecule has 1 aromatic heterocycles. The van der Waals surface area contributed by atoms with E-state index in [2.05, 4.69) is 32.1 Å². The number of carbonyl (C=O) groups excluding carboxylic acids is 1. The SMILES string of the molecule is CC(C)(C)O.Cc1nc(C)c(-c2ccc(OCCc3ccc(F)cc3)cc2)c(C2=CCC(C)(C)CC2)c1CC(=O)OC(C)C. The van der Waals surface area contributed by atoms with E-state index in [9.17, 15) is 9.18 Å². The molecule has 6 heteroatoms. The summed E-state index contributed by atoms with van der Waals surface area (Å²) in [5, 5.41) is 8.52. The van der Waals surface area contributed by atoms with E-state index in [-0.39, 0.29) is 29.7 Å². The fourth-order valence-electron chi connectivity index (χ4n) is 5.22. The lowest BCUT2D eigenvalue weighted by Crippen LogP contribution is -2.18. The Morgan fingerprint density at radius 2 is 1.61 bits per heavy atom. The number of hydrogen-bond donors (Lipinski definition) is 1. The maximum atomic E-state index is 13.2. The van der Waals surface area contributed by atoms with Crippen LogP contribution in [0.2, 0.25) is 0 Å². The Morgan fingerprint density at radius 1 is 1.00 bits per heavy atom. The number of carbonyl (C=O) groups is 1.